The van der Waals surface area contributed by atoms with Gasteiger partial charge in [-0.3, -0.25) is 4.79 Å². The summed E-state index contributed by atoms with van der Waals surface area (Å²) in [4.78, 5) is 28.3. The lowest BCUT2D eigenvalue weighted by Gasteiger charge is -2.61. The van der Waals surface area contributed by atoms with Crippen LogP contribution in [0.5, 0.6) is 0 Å². The summed E-state index contributed by atoms with van der Waals surface area (Å²) in [6.07, 6.45) is 14.2. The molecule has 6 heteroatoms. The largest absolute Gasteiger partial charge is 0.480 e. The van der Waals surface area contributed by atoms with Crippen LogP contribution in [0.3, 0.4) is 0 Å². The highest BCUT2D eigenvalue weighted by Crippen LogP contribution is 2.68. The second-order valence-corrected chi connectivity index (χ2v) is 14.9. The average Bonchev–Trinajstić information content (AvgIpc) is 3.52. The minimum atomic E-state index is -0.990. The molecular formula is C35H50N2O4. The molecule has 4 aliphatic carbocycles. The zero-order valence-electron chi connectivity index (χ0n) is 25.2. The molecule has 1 aromatic carbocycles. The Kier molecular flexibility index (Phi) is 7.76. The van der Waals surface area contributed by atoms with Gasteiger partial charge in [-0.2, -0.15) is 0 Å². The topological polar surface area (TPSA) is 102 Å². The van der Waals surface area contributed by atoms with Gasteiger partial charge in [0.15, 0.2) is 0 Å². The summed E-state index contributed by atoms with van der Waals surface area (Å²) in [7, 11) is 0. The Hall–Kier alpha value is -2.34. The lowest BCUT2D eigenvalue weighted by Crippen LogP contribution is -2.54. The molecule has 4 aliphatic rings. The van der Waals surface area contributed by atoms with Gasteiger partial charge in [-0.05, 0) is 122 Å². The van der Waals surface area contributed by atoms with Gasteiger partial charge in [0.05, 0.1) is 6.10 Å². The predicted molar refractivity (Wildman–Crippen MR) is 161 cm³/mol. The number of fused-ring (bicyclic) bond motifs is 6. The van der Waals surface area contributed by atoms with Gasteiger partial charge in [-0.15, -0.1) is 0 Å². The summed E-state index contributed by atoms with van der Waals surface area (Å²) in [6, 6.07) is 6.92. The molecular weight excluding hydrogens is 512 g/mol. The number of hydrogen-bond acceptors (Lipinski definition) is 3. The molecule has 4 N–H and O–H groups in total. The molecule has 1 heterocycles. The number of amides is 1. The van der Waals surface area contributed by atoms with Crippen LogP contribution in [0.15, 0.2) is 30.5 Å². The summed E-state index contributed by atoms with van der Waals surface area (Å²) >= 11 is 0. The van der Waals surface area contributed by atoms with Crippen LogP contribution in [0.25, 0.3) is 10.9 Å². The standard InChI is InChI=1S/C35H50N2O4/c1-21(8-13-32(39)37-31(33(40)41)18-22-20-36-30-7-5-4-6-25(22)30)27-11-12-28-26-10-9-23-19-24(38)14-16-34(23,2)29(26)15-17-35(27,28)3/h4-7,20-21,23-24,26-29,31,36,38H,8-19H2,1-3H3,(H,37,39)(H,40,41)/t21-,23?,24-,26+,27-,28+,29+,31+,34+,35-/m1/s1. The third-order valence-corrected chi connectivity index (χ3v) is 13.0. The smallest absolute Gasteiger partial charge is 0.326 e. The number of carbonyl (C=O) groups is 2. The van der Waals surface area contributed by atoms with Crippen molar-refractivity contribution in [3.05, 3.63) is 36.0 Å². The number of carboxylic acid groups (broad SMARTS) is 1. The summed E-state index contributed by atoms with van der Waals surface area (Å²) in [5, 5.41) is 24.0. The molecule has 0 saturated heterocycles. The van der Waals surface area contributed by atoms with Crippen molar-refractivity contribution in [2.75, 3.05) is 0 Å². The second-order valence-electron chi connectivity index (χ2n) is 14.9. The van der Waals surface area contributed by atoms with Gasteiger partial charge in [0.1, 0.15) is 6.04 Å². The molecule has 6 rings (SSSR count). The van der Waals surface area contributed by atoms with Gasteiger partial charge in [-0.1, -0.05) is 39.0 Å². The molecule has 10 atom stereocenters. The lowest BCUT2D eigenvalue weighted by molar-refractivity contribution is -0.141. The maximum Gasteiger partial charge on any atom is 0.326 e. The van der Waals surface area contributed by atoms with Crippen molar-refractivity contribution in [3.63, 3.8) is 0 Å². The summed E-state index contributed by atoms with van der Waals surface area (Å²) in [5.41, 5.74) is 2.63. The van der Waals surface area contributed by atoms with Crippen molar-refractivity contribution in [2.24, 2.45) is 46.3 Å². The Morgan fingerprint density at radius 2 is 1.78 bits per heavy atom. The zero-order valence-corrected chi connectivity index (χ0v) is 25.2. The van der Waals surface area contributed by atoms with E-state index in [0.717, 1.165) is 53.5 Å². The number of hydrogen-bond donors (Lipinski definition) is 4. The highest BCUT2D eigenvalue weighted by Gasteiger charge is 2.60. The van der Waals surface area contributed by atoms with Crippen LogP contribution in [-0.2, 0) is 16.0 Å². The van der Waals surface area contributed by atoms with Crippen molar-refractivity contribution in [1.29, 1.82) is 0 Å². The Bertz CT molecular complexity index is 1270. The third kappa shape index (κ3) is 5.13. The number of aromatic amines is 1. The Labute approximate surface area is 245 Å². The summed E-state index contributed by atoms with van der Waals surface area (Å²) < 4.78 is 0. The minimum Gasteiger partial charge on any atom is -0.480 e. The van der Waals surface area contributed by atoms with Gasteiger partial charge in [0.25, 0.3) is 0 Å². The fourth-order valence-corrected chi connectivity index (χ4v) is 10.8. The Balaban J connectivity index is 1.06. The molecule has 224 valence electrons. The van der Waals surface area contributed by atoms with Crippen LogP contribution in [-0.4, -0.2) is 39.2 Å². The zero-order chi connectivity index (χ0) is 28.9. The van der Waals surface area contributed by atoms with E-state index in [0.29, 0.717) is 35.0 Å². The number of nitrogens with one attached hydrogen (secondary N) is 2. The summed E-state index contributed by atoms with van der Waals surface area (Å²) in [5.74, 6) is 3.01. The van der Waals surface area contributed by atoms with Crippen LogP contribution >= 0.6 is 0 Å². The number of para-hydroxylation sites is 1. The van der Waals surface area contributed by atoms with Crippen molar-refractivity contribution in [3.8, 4) is 0 Å². The van der Waals surface area contributed by atoms with E-state index in [9.17, 15) is 19.8 Å². The van der Waals surface area contributed by atoms with E-state index in [2.05, 4.69) is 31.1 Å². The number of aliphatic carboxylic acids is 1. The molecule has 41 heavy (non-hydrogen) atoms. The molecule has 6 nitrogen and oxygen atoms in total. The molecule has 0 radical (unpaired) electrons. The first-order chi connectivity index (χ1) is 19.6. The molecule has 0 bridgehead atoms. The van der Waals surface area contributed by atoms with Crippen molar-refractivity contribution in [1.82, 2.24) is 10.3 Å². The quantitative estimate of drug-likeness (QED) is 0.287. The molecule has 4 saturated carbocycles. The van der Waals surface area contributed by atoms with E-state index < -0.39 is 12.0 Å². The van der Waals surface area contributed by atoms with Crippen LogP contribution in [0, 0.1) is 46.3 Å². The fraction of sp³-hybridized carbons (Fsp3) is 0.714. The SMILES string of the molecule is C[C@H](CCC(=O)N[C@@H](Cc1c[nH]c2ccccc12)C(=O)O)[C@H]1CC[C@H]2[C@@H]3CCC4C[C@H](O)CC[C@]4(C)[C@H]3CC[C@]12C. The number of carbonyl (C=O) groups excluding carboxylic acids is 1. The fourth-order valence-electron chi connectivity index (χ4n) is 10.8. The molecule has 0 aliphatic heterocycles. The van der Waals surface area contributed by atoms with E-state index in [-0.39, 0.29) is 18.4 Å². The number of benzene rings is 1. The van der Waals surface area contributed by atoms with E-state index in [4.69, 9.17) is 0 Å². The number of rotatable bonds is 8. The first-order valence-corrected chi connectivity index (χ1v) is 16.4. The van der Waals surface area contributed by atoms with Crippen LogP contribution in [0.1, 0.15) is 97.0 Å². The number of aromatic nitrogens is 1. The number of aliphatic hydroxyl groups excluding tert-OH is 1. The van der Waals surface area contributed by atoms with Crippen LogP contribution in [0.4, 0.5) is 0 Å². The maximum absolute atomic E-state index is 13.0. The Morgan fingerprint density at radius 3 is 2.59 bits per heavy atom. The molecule has 2 aromatic rings. The number of aliphatic hydroxyl groups is 1. The van der Waals surface area contributed by atoms with Crippen molar-refractivity contribution < 1.29 is 19.8 Å². The average molecular weight is 563 g/mol. The third-order valence-electron chi connectivity index (χ3n) is 13.0. The van der Waals surface area contributed by atoms with Crippen LogP contribution in [0.2, 0.25) is 0 Å². The number of H-pyrrole nitrogens is 1. The maximum atomic E-state index is 13.0. The predicted octanol–water partition coefficient (Wildman–Crippen LogP) is 6.72. The Morgan fingerprint density at radius 1 is 1.02 bits per heavy atom. The van der Waals surface area contributed by atoms with Gasteiger partial charge in [0, 0.05) is 29.9 Å². The highest BCUT2D eigenvalue weighted by atomic mass is 16.4. The summed E-state index contributed by atoms with van der Waals surface area (Å²) in [6.45, 7) is 7.45. The van der Waals surface area contributed by atoms with Crippen molar-refractivity contribution in [2.45, 2.75) is 110 Å². The van der Waals surface area contributed by atoms with E-state index in [1.165, 1.54) is 44.9 Å². The number of carboxylic acids is 1. The van der Waals surface area contributed by atoms with Gasteiger partial charge in [0.2, 0.25) is 5.91 Å². The molecule has 1 aromatic heterocycles. The van der Waals surface area contributed by atoms with E-state index >= 15 is 0 Å². The first kappa shape index (κ1) is 28.8. The second kappa shape index (κ2) is 11.1. The minimum absolute atomic E-state index is 0.0910. The van der Waals surface area contributed by atoms with Gasteiger partial charge >= 0.3 is 5.97 Å². The van der Waals surface area contributed by atoms with Gasteiger partial charge in [-0.25, -0.2) is 4.79 Å². The highest BCUT2D eigenvalue weighted by molar-refractivity contribution is 5.86. The molecule has 0 spiro atoms. The van der Waals surface area contributed by atoms with Crippen molar-refractivity contribution >= 4 is 22.8 Å². The van der Waals surface area contributed by atoms with Crippen LogP contribution < -0.4 is 5.32 Å². The monoisotopic (exact) mass is 562 g/mol. The molecule has 1 amide bonds. The molecule has 1 unspecified atom stereocenters. The lowest BCUT2D eigenvalue weighted by atomic mass is 9.44. The van der Waals surface area contributed by atoms with E-state index in [1.807, 2.05) is 30.5 Å². The molecule has 4 fully saturated rings. The van der Waals surface area contributed by atoms with Gasteiger partial charge < -0.3 is 20.5 Å². The normalized spacial score (nSPS) is 38.0. The van der Waals surface area contributed by atoms with E-state index in [1.54, 1.807) is 0 Å². The first-order valence-electron chi connectivity index (χ1n) is 16.4.